The van der Waals surface area contributed by atoms with Crippen LogP contribution < -0.4 is 10.2 Å². The highest BCUT2D eigenvalue weighted by Gasteiger charge is 2.21. The SMILES string of the molecule is CC1CCN(c2ccc3ncc(C(=O)Nc4cncc(F)c4)n3n2)C1. The molecule has 0 aromatic carbocycles. The number of rotatable bonds is 3. The Morgan fingerprint density at radius 2 is 2.20 bits per heavy atom. The summed E-state index contributed by atoms with van der Waals surface area (Å²) >= 11 is 0. The second kappa shape index (κ2) is 6.12. The fourth-order valence-electron chi connectivity index (χ4n) is 3.01. The minimum Gasteiger partial charge on any atom is -0.355 e. The molecule has 1 atom stereocenters. The molecule has 1 amide bonds. The maximum Gasteiger partial charge on any atom is 0.276 e. The van der Waals surface area contributed by atoms with Crippen molar-refractivity contribution in [2.75, 3.05) is 23.3 Å². The van der Waals surface area contributed by atoms with Gasteiger partial charge >= 0.3 is 0 Å². The van der Waals surface area contributed by atoms with E-state index in [0.717, 1.165) is 31.5 Å². The zero-order valence-electron chi connectivity index (χ0n) is 13.7. The monoisotopic (exact) mass is 340 g/mol. The lowest BCUT2D eigenvalue weighted by Crippen LogP contribution is -2.22. The summed E-state index contributed by atoms with van der Waals surface area (Å²) in [5, 5.41) is 7.18. The number of halogens is 1. The molecule has 1 saturated heterocycles. The van der Waals surface area contributed by atoms with E-state index in [4.69, 9.17) is 0 Å². The molecule has 3 aromatic heterocycles. The van der Waals surface area contributed by atoms with Crippen molar-refractivity contribution < 1.29 is 9.18 Å². The Balaban J connectivity index is 1.64. The van der Waals surface area contributed by atoms with E-state index in [1.54, 1.807) is 0 Å². The van der Waals surface area contributed by atoms with Crippen LogP contribution in [0.1, 0.15) is 23.8 Å². The highest BCUT2D eigenvalue weighted by molar-refractivity contribution is 6.03. The van der Waals surface area contributed by atoms with Crippen molar-refractivity contribution in [1.82, 2.24) is 19.6 Å². The van der Waals surface area contributed by atoms with Crippen molar-refractivity contribution in [3.05, 3.63) is 48.3 Å². The molecule has 7 nitrogen and oxygen atoms in total. The van der Waals surface area contributed by atoms with Gasteiger partial charge in [-0.3, -0.25) is 9.78 Å². The van der Waals surface area contributed by atoms with E-state index in [1.165, 1.54) is 23.0 Å². The molecule has 0 radical (unpaired) electrons. The van der Waals surface area contributed by atoms with Gasteiger partial charge in [-0.05, 0) is 24.5 Å². The van der Waals surface area contributed by atoms with Crippen LogP contribution >= 0.6 is 0 Å². The first-order valence-corrected chi connectivity index (χ1v) is 8.12. The molecule has 0 aliphatic carbocycles. The Bertz CT molecular complexity index is 940. The van der Waals surface area contributed by atoms with Gasteiger partial charge in [-0.1, -0.05) is 6.92 Å². The number of carbonyl (C=O) groups excluding carboxylic acids is 1. The van der Waals surface area contributed by atoms with Crippen LogP contribution in [0.15, 0.2) is 36.8 Å². The summed E-state index contributed by atoms with van der Waals surface area (Å²) < 4.78 is 14.7. The zero-order chi connectivity index (χ0) is 17.4. The largest absolute Gasteiger partial charge is 0.355 e. The van der Waals surface area contributed by atoms with E-state index in [9.17, 15) is 9.18 Å². The molecule has 4 rings (SSSR count). The molecule has 8 heteroatoms. The summed E-state index contributed by atoms with van der Waals surface area (Å²) in [6.07, 6.45) is 5.05. The molecular weight excluding hydrogens is 323 g/mol. The highest BCUT2D eigenvalue weighted by Crippen LogP contribution is 2.22. The van der Waals surface area contributed by atoms with E-state index in [1.807, 2.05) is 12.1 Å². The normalized spacial score (nSPS) is 17.2. The highest BCUT2D eigenvalue weighted by atomic mass is 19.1. The fraction of sp³-hybridized carbons (Fsp3) is 0.294. The van der Waals surface area contributed by atoms with E-state index in [2.05, 4.69) is 32.2 Å². The van der Waals surface area contributed by atoms with Crippen LogP contribution in [-0.2, 0) is 0 Å². The number of nitrogens with one attached hydrogen (secondary N) is 1. The molecular formula is C17H17FN6O. The van der Waals surface area contributed by atoms with Crippen LogP contribution in [0, 0.1) is 11.7 Å². The molecule has 0 spiro atoms. The van der Waals surface area contributed by atoms with Crippen LogP contribution in [-0.4, -0.2) is 38.6 Å². The molecule has 1 aliphatic rings. The Morgan fingerprint density at radius 1 is 1.32 bits per heavy atom. The third-order valence-electron chi connectivity index (χ3n) is 4.29. The first-order valence-electron chi connectivity index (χ1n) is 8.12. The Labute approximate surface area is 143 Å². The number of hydrogen-bond donors (Lipinski definition) is 1. The summed E-state index contributed by atoms with van der Waals surface area (Å²) in [4.78, 5) is 22.6. The standard InChI is InChI=1S/C17H17FN6O/c1-11-4-5-23(10-11)16-3-2-15-20-9-14(24(15)22-16)17(25)21-13-6-12(18)7-19-8-13/h2-3,6-9,11H,4-5,10H2,1H3,(H,21,25). The van der Waals surface area contributed by atoms with Crippen LogP contribution in [0.4, 0.5) is 15.9 Å². The van der Waals surface area contributed by atoms with Crippen molar-refractivity contribution >= 4 is 23.1 Å². The van der Waals surface area contributed by atoms with Crippen molar-refractivity contribution in [2.24, 2.45) is 5.92 Å². The number of hydrogen-bond acceptors (Lipinski definition) is 5. The zero-order valence-corrected chi connectivity index (χ0v) is 13.7. The van der Waals surface area contributed by atoms with Crippen molar-refractivity contribution in [2.45, 2.75) is 13.3 Å². The number of pyridine rings is 1. The van der Waals surface area contributed by atoms with Gasteiger partial charge in [0, 0.05) is 19.2 Å². The summed E-state index contributed by atoms with van der Waals surface area (Å²) in [5.41, 5.74) is 1.15. The number of carbonyl (C=O) groups is 1. The second-order valence-electron chi connectivity index (χ2n) is 6.29. The van der Waals surface area contributed by atoms with Gasteiger partial charge in [-0.25, -0.2) is 13.9 Å². The molecule has 0 saturated carbocycles. The van der Waals surface area contributed by atoms with Crippen LogP contribution in [0.5, 0.6) is 0 Å². The van der Waals surface area contributed by atoms with Crippen LogP contribution in [0.2, 0.25) is 0 Å². The van der Waals surface area contributed by atoms with Crippen molar-refractivity contribution in [3.63, 3.8) is 0 Å². The predicted molar refractivity (Wildman–Crippen MR) is 91.1 cm³/mol. The molecule has 1 N–H and O–H groups in total. The van der Waals surface area contributed by atoms with Gasteiger partial charge in [-0.15, -0.1) is 5.10 Å². The number of anilines is 2. The van der Waals surface area contributed by atoms with Gasteiger partial charge in [-0.2, -0.15) is 0 Å². The summed E-state index contributed by atoms with van der Waals surface area (Å²) in [6, 6.07) is 4.96. The summed E-state index contributed by atoms with van der Waals surface area (Å²) in [6.45, 7) is 4.11. The third-order valence-corrected chi connectivity index (χ3v) is 4.29. The van der Waals surface area contributed by atoms with E-state index in [-0.39, 0.29) is 11.4 Å². The third kappa shape index (κ3) is 3.02. The first kappa shape index (κ1) is 15.5. The Kier molecular flexibility index (Phi) is 3.79. The number of nitrogens with zero attached hydrogens (tertiary/aromatic N) is 5. The topological polar surface area (TPSA) is 75.4 Å². The lowest BCUT2D eigenvalue weighted by atomic mass is 10.2. The van der Waals surface area contributed by atoms with Gasteiger partial charge in [0.1, 0.15) is 11.6 Å². The molecule has 25 heavy (non-hydrogen) atoms. The van der Waals surface area contributed by atoms with E-state index < -0.39 is 11.7 Å². The molecule has 4 heterocycles. The van der Waals surface area contributed by atoms with Crippen molar-refractivity contribution in [3.8, 4) is 0 Å². The van der Waals surface area contributed by atoms with Gasteiger partial charge in [0.2, 0.25) is 0 Å². The number of imidazole rings is 1. The van der Waals surface area contributed by atoms with Gasteiger partial charge < -0.3 is 10.2 Å². The van der Waals surface area contributed by atoms with Gasteiger partial charge in [0.05, 0.1) is 24.3 Å². The average molecular weight is 340 g/mol. The minimum absolute atomic E-state index is 0.282. The smallest absolute Gasteiger partial charge is 0.276 e. The Hall–Kier alpha value is -3.03. The van der Waals surface area contributed by atoms with Crippen LogP contribution in [0.25, 0.3) is 5.65 Å². The average Bonchev–Trinajstić information content (AvgIpc) is 3.20. The second-order valence-corrected chi connectivity index (χ2v) is 6.29. The van der Waals surface area contributed by atoms with Gasteiger partial charge in [0.15, 0.2) is 11.3 Å². The lowest BCUT2D eigenvalue weighted by molar-refractivity contribution is 0.102. The molecule has 3 aromatic rings. The quantitative estimate of drug-likeness (QED) is 0.792. The molecule has 128 valence electrons. The summed E-state index contributed by atoms with van der Waals surface area (Å²) in [5.74, 6) is 0.513. The molecule has 1 aliphatic heterocycles. The molecule has 0 bridgehead atoms. The lowest BCUT2D eigenvalue weighted by Gasteiger charge is -2.16. The van der Waals surface area contributed by atoms with E-state index in [0.29, 0.717) is 11.6 Å². The maximum absolute atomic E-state index is 13.2. The van der Waals surface area contributed by atoms with Crippen molar-refractivity contribution in [1.29, 1.82) is 0 Å². The minimum atomic E-state index is -0.514. The molecule has 1 unspecified atom stereocenters. The number of amides is 1. The van der Waals surface area contributed by atoms with Gasteiger partial charge in [0.25, 0.3) is 5.91 Å². The molecule has 1 fully saturated rings. The summed E-state index contributed by atoms with van der Waals surface area (Å²) in [7, 11) is 0. The fourth-order valence-corrected chi connectivity index (χ4v) is 3.01. The Morgan fingerprint density at radius 3 is 2.96 bits per heavy atom. The maximum atomic E-state index is 13.2. The predicted octanol–water partition coefficient (Wildman–Crippen LogP) is 2.36. The first-order chi connectivity index (χ1) is 12.1. The van der Waals surface area contributed by atoms with Crippen LogP contribution in [0.3, 0.4) is 0 Å². The van der Waals surface area contributed by atoms with E-state index >= 15 is 0 Å². The number of fused-ring (bicyclic) bond motifs is 1. The number of aromatic nitrogens is 4.